The van der Waals surface area contributed by atoms with Crippen LogP contribution in [0.2, 0.25) is 0 Å². The van der Waals surface area contributed by atoms with Crippen LogP contribution in [0.15, 0.2) is 0 Å². The van der Waals surface area contributed by atoms with Crippen molar-refractivity contribution in [1.29, 1.82) is 0 Å². The molecule has 0 saturated heterocycles. The summed E-state index contributed by atoms with van der Waals surface area (Å²) in [6, 6.07) is 0. The highest BCUT2D eigenvalue weighted by Crippen LogP contribution is 1.93. The third-order valence-electron chi connectivity index (χ3n) is 0.856. The van der Waals surface area contributed by atoms with Crippen LogP contribution >= 0.6 is 0 Å². The van der Waals surface area contributed by atoms with Crippen molar-refractivity contribution >= 4 is 6.16 Å². The van der Waals surface area contributed by atoms with Crippen LogP contribution in [-0.2, 0) is 14.2 Å². The summed E-state index contributed by atoms with van der Waals surface area (Å²) in [4.78, 5) is 10.5. The lowest BCUT2D eigenvalue weighted by Gasteiger charge is -2.09. The van der Waals surface area contributed by atoms with E-state index in [1.807, 2.05) is 0 Å². The van der Waals surface area contributed by atoms with Crippen LogP contribution in [0.1, 0.15) is 13.8 Å². The summed E-state index contributed by atoms with van der Waals surface area (Å²) in [6.07, 6.45) is -1.24. The summed E-state index contributed by atoms with van der Waals surface area (Å²) in [5.74, 6) is 0. The van der Waals surface area contributed by atoms with Crippen molar-refractivity contribution in [1.82, 2.24) is 0 Å². The van der Waals surface area contributed by atoms with Gasteiger partial charge in [-0.1, -0.05) is 0 Å². The number of hydrogen-bond donors (Lipinski definition) is 0. The first kappa shape index (κ1) is 9.23. The van der Waals surface area contributed by atoms with Gasteiger partial charge in [0.05, 0.1) is 6.61 Å². The summed E-state index contributed by atoms with van der Waals surface area (Å²) >= 11 is 0. The normalized spacial score (nSPS) is 12.3. The molecular formula is C6H12O4. The van der Waals surface area contributed by atoms with E-state index in [-0.39, 0.29) is 0 Å². The molecule has 0 aliphatic carbocycles. The van der Waals surface area contributed by atoms with Crippen molar-refractivity contribution in [3.05, 3.63) is 0 Å². The standard InChI is InChI=1S/C6H12O4/c1-4-9-6(7)10-5(2)8-3/h5H,4H2,1-3H3. The molecule has 0 aliphatic heterocycles. The van der Waals surface area contributed by atoms with E-state index in [0.29, 0.717) is 6.61 Å². The number of hydrogen-bond acceptors (Lipinski definition) is 4. The highest BCUT2D eigenvalue weighted by atomic mass is 16.8. The molecule has 0 bridgehead atoms. The van der Waals surface area contributed by atoms with Crippen LogP contribution in [0, 0.1) is 0 Å². The maximum absolute atomic E-state index is 10.5. The van der Waals surface area contributed by atoms with Crippen LogP contribution in [0.25, 0.3) is 0 Å². The van der Waals surface area contributed by atoms with Crippen molar-refractivity contribution in [2.45, 2.75) is 20.1 Å². The number of carbonyl (C=O) groups excluding carboxylic acids is 1. The molecule has 0 aromatic rings. The molecular weight excluding hydrogens is 136 g/mol. The monoisotopic (exact) mass is 148 g/mol. The second-order valence-corrected chi connectivity index (χ2v) is 1.60. The van der Waals surface area contributed by atoms with Gasteiger partial charge in [-0.05, 0) is 13.8 Å². The largest absolute Gasteiger partial charge is 0.510 e. The average Bonchev–Trinajstić information content (AvgIpc) is 1.88. The Morgan fingerprint density at radius 1 is 1.60 bits per heavy atom. The maximum atomic E-state index is 10.5. The summed E-state index contributed by atoms with van der Waals surface area (Å²) in [5.41, 5.74) is 0. The highest BCUT2D eigenvalue weighted by molar-refractivity contribution is 5.59. The van der Waals surface area contributed by atoms with Crippen molar-refractivity contribution in [2.24, 2.45) is 0 Å². The Labute approximate surface area is 60.1 Å². The van der Waals surface area contributed by atoms with E-state index in [0.717, 1.165) is 0 Å². The molecule has 4 nitrogen and oxygen atoms in total. The van der Waals surface area contributed by atoms with Crippen LogP contribution < -0.4 is 0 Å². The fraction of sp³-hybridized carbons (Fsp3) is 0.833. The van der Waals surface area contributed by atoms with Crippen LogP contribution in [0.3, 0.4) is 0 Å². The Morgan fingerprint density at radius 3 is 2.60 bits per heavy atom. The first-order chi connectivity index (χ1) is 4.70. The van der Waals surface area contributed by atoms with E-state index in [1.165, 1.54) is 7.11 Å². The first-order valence-electron chi connectivity index (χ1n) is 3.07. The summed E-state index contributed by atoms with van der Waals surface area (Å²) in [7, 11) is 1.45. The van der Waals surface area contributed by atoms with Gasteiger partial charge in [0.2, 0.25) is 6.29 Å². The molecule has 1 unspecified atom stereocenters. The number of methoxy groups -OCH3 is 1. The lowest BCUT2D eigenvalue weighted by molar-refractivity contribution is -0.0907. The van der Waals surface area contributed by atoms with Gasteiger partial charge >= 0.3 is 6.16 Å². The van der Waals surface area contributed by atoms with Gasteiger partial charge in [0.1, 0.15) is 0 Å². The molecule has 0 radical (unpaired) electrons. The molecule has 0 rings (SSSR count). The minimum absolute atomic E-state index is 0.315. The van der Waals surface area contributed by atoms with Gasteiger partial charge < -0.3 is 14.2 Å². The van der Waals surface area contributed by atoms with E-state index in [4.69, 9.17) is 0 Å². The molecule has 0 saturated carbocycles. The van der Waals surface area contributed by atoms with Crippen LogP contribution in [0.4, 0.5) is 4.79 Å². The molecule has 0 aromatic heterocycles. The van der Waals surface area contributed by atoms with Crippen molar-refractivity contribution < 1.29 is 19.0 Å². The van der Waals surface area contributed by atoms with Crippen molar-refractivity contribution in [3.8, 4) is 0 Å². The Kier molecular flexibility index (Phi) is 4.66. The van der Waals surface area contributed by atoms with Gasteiger partial charge in [0.25, 0.3) is 0 Å². The van der Waals surface area contributed by atoms with Gasteiger partial charge in [-0.2, -0.15) is 0 Å². The summed E-state index contributed by atoms with van der Waals surface area (Å²) in [6.45, 7) is 3.63. The van der Waals surface area contributed by atoms with Gasteiger partial charge in [0, 0.05) is 7.11 Å². The molecule has 60 valence electrons. The lowest BCUT2D eigenvalue weighted by Crippen LogP contribution is -2.17. The average molecular weight is 148 g/mol. The summed E-state index contributed by atoms with van der Waals surface area (Å²) < 4.78 is 13.7. The third-order valence-corrected chi connectivity index (χ3v) is 0.856. The van der Waals surface area contributed by atoms with Gasteiger partial charge in [0.15, 0.2) is 0 Å². The number of carbonyl (C=O) groups is 1. The molecule has 0 heterocycles. The smallest absolute Gasteiger partial charge is 0.435 e. The second kappa shape index (κ2) is 5.05. The quantitative estimate of drug-likeness (QED) is 0.445. The molecule has 0 spiro atoms. The predicted octanol–water partition coefficient (Wildman–Crippen LogP) is 1.15. The topological polar surface area (TPSA) is 44.8 Å². The zero-order valence-electron chi connectivity index (χ0n) is 6.42. The lowest BCUT2D eigenvalue weighted by atomic mass is 10.7. The van der Waals surface area contributed by atoms with E-state index in [1.54, 1.807) is 13.8 Å². The molecule has 1 atom stereocenters. The Hall–Kier alpha value is -0.770. The SMILES string of the molecule is CCOC(=O)OC(C)OC. The summed E-state index contributed by atoms with van der Waals surface area (Å²) in [5, 5.41) is 0. The Morgan fingerprint density at radius 2 is 2.20 bits per heavy atom. The van der Waals surface area contributed by atoms with E-state index >= 15 is 0 Å². The van der Waals surface area contributed by atoms with E-state index in [9.17, 15) is 4.79 Å². The predicted molar refractivity (Wildman–Crippen MR) is 34.6 cm³/mol. The number of ether oxygens (including phenoxy) is 3. The minimum atomic E-state index is -0.697. The Balaban J connectivity index is 3.37. The zero-order valence-corrected chi connectivity index (χ0v) is 6.42. The van der Waals surface area contributed by atoms with Gasteiger partial charge in [-0.3, -0.25) is 0 Å². The van der Waals surface area contributed by atoms with Crippen molar-refractivity contribution in [2.75, 3.05) is 13.7 Å². The van der Waals surface area contributed by atoms with Crippen LogP contribution in [0.5, 0.6) is 0 Å². The highest BCUT2D eigenvalue weighted by Gasteiger charge is 2.06. The van der Waals surface area contributed by atoms with Gasteiger partial charge in [-0.25, -0.2) is 4.79 Å². The van der Waals surface area contributed by atoms with Gasteiger partial charge in [-0.15, -0.1) is 0 Å². The first-order valence-corrected chi connectivity index (χ1v) is 3.07. The second-order valence-electron chi connectivity index (χ2n) is 1.60. The fourth-order valence-corrected chi connectivity index (χ4v) is 0.335. The van der Waals surface area contributed by atoms with E-state index in [2.05, 4.69) is 14.2 Å². The molecule has 10 heavy (non-hydrogen) atoms. The van der Waals surface area contributed by atoms with Crippen LogP contribution in [-0.4, -0.2) is 26.2 Å². The molecule has 0 fully saturated rings. The molecule has 0 aliphatic rings. The zero-order chi connectivity index (χ0) is 7.98. The van der Waals surface area contributed by atoms with E-state index < -0.39 is 12.4 Å². The molecule has 0 amide bonds. The Bertz CT molecular complexity index is 102. The maximum Gasteiger partial charge on any atom is 0.510 e. The molecule has 0 aromatic carbocycles. The molecule has 0 N–H and O–H groups in total. The minimum Gasteiger partial charge on any atom is -0.435 e. The fourth-order valence-electron chi connectivity index (χ4n) is 0.335. The third kappa shape index (κ3) is 4.14. The number of rotatable bonds is 3. The van der Waals surface area contributed by atoms with Crippen molar-refractivity contribution in [3.63, 3.8) is 0 Å². The molecule has 4 heteroatoms.